The van der Waals surface area contributed by atoms with Gasteiger partial charge in [0.15, 0.2) is 0 Å². The Morgan fingerprint density at radius 3 is 2.60 bits per heavy atom. The normalized spacial score (nSPS) is 10.3. The lowest BCUT2D eigenvalue weighted by Gasteiger charge is -2.24. The van der Waals surface area contributed by atoms with E-state index >= 15 is 0 Å². The van der Waals surface area contributed by atoms with E-state index in [2.05, 4.69) is 16.0 Å². The van der Waals surface area contributed by atoms with Crippen LogP contribution in [0.25, 0.3) is 0 Å². The Morgan fingerprint density at radius 1 is 1.25 bits per heavy atom. The standard InChI is InChI=1S/C15H17N5/c1-10(2)13-14(17)18-9-19-15(13)20(3)12-7-5-4-6-11(12)8-16/h4-7,9-10H,1-3H3,(H2,17,18,19). The van der Waals surface area contributed by atoms with E-state index in [0.717, 1.165) is 17.1 Å². The number of hydrogen-bond acceptors (Lipinski definition) is 5. The highest BCUT2D eigenvalue weighted by molar-refractivity contribution is 5.71. The molecule has 0 unspecified atom stereocenters. The highest BCUT2D eigenvalue weighted by Crippen LogP contribution is 2.33. The number of rotatable bonds is 3. The summed E-state index contributed by atoms with van der Waals surface area (Å²) in [6.07, 6.45) is 1.45. The molecule has 5 heteroatoms. The van der Waals surface area contributed by atoms with Crippen LogP contribution in [0.5, 0.6) is 0 Å². The fourth-order valence-electron chi connectivity index (χ4n) is 2.20. The Kier molecular flexibility index (Phi) is 3.85. The molecule has 0 saturated heterocycles. The van der Waals surface area contributed by atoms with Crippen molar-refractivity contribution in [2.45, 2.75) is 19.8 Å². The zero-order valence-corrected chi connectivity index (χ0v) is 11.8. The molecule has 0 radical (unpaired) electrons. The summed E-state index contributed by atoms with van der Waals surface area (Å²) < 4.78 is 0. The van der Waals surface area contributed by atoms with Crippen LogP contribution in [0.2, 0.25) is 0 Å². The fourth-order valence-corrected chi connectivity index (χ4v) is 2.20. The second-order valence-electron chi connectivity index (χ2n) is 4.84. The Bertz CT molecular complexity index is 658. The van der Waals surface area contributed by atoms with Crippen molar-refractivity contribution in [3.05, 3.63) is 41.7 Å². The smallest absolute Gasteiger partial charge is 0.141 e. The van der Waals surface area contributed by atoms with Crippen molar-refractivity contribution in [1.82, 2.24) is 9.97 Å². The van der Waals surface area contributed by atoms with Gasteiger partial charge in [-0.2, -0.15) is 5.26 Å². The zero-order chi connectivity index (χ0) is 14.7. The van der Waals surface area contributed by atoms with Crippen molar-refractivity contribution >= 4 is 17.3 Å². The van der Waals surface area contributed by atoms with Crippen LogP contribution in [0.1, 0.15) is 30.9 Å². The molecule has 1 aromatic heterocycles. The van der Waals surface area contributed by atoms with E-state index in [1.165, 1.54) is 6.33 Å². The molecule has 1 heterocycles. The van der Waals surface area contributed by atoms with Crippen LogP contribution in [-0.4, -0.2) is 17.0 Å². The molecule has 0 aliphatic heterocycles. The SMILES string of the molecule is CC(C)c1c(N)ncnc1N(C)c1ccccc1C#N. The van der Waals surface area contributed by atoms with Crippen molar-refractivity contribution in [2.75, 3.05) is 17.7 Å². The molecule has 0 amide bonds. The number of nitrogen functional groups attached to an aromatic ring is 1. The summed E-state index contributed by atoms with van der Waals surface area (Å²) in [7, 11) is 1.88. The van der Waals surface area contributed by atoms with E-state index in [1.807, 2.05) is 44.0 Å². The summed E-state index contributed by atoms with van der Waals surface area (Å²) in [5.41, 5.74) is 8.26. The minimum atomic E-state index is 0.197. The summed E-state index contributed by atoms with van der Waals surface area (Å²) >= 11 is 0. The number of nitrogens with two attached hydrogens (primary N) is 1. The van der Waals surface area contributed by atoms with Gasteiger partial charge in [0.25, 0.3) is 0 Å². The van der Waals surface area contributed by atoms with Gasteiger partial charge in [-0.15, -0.1) is 0 Å². The predicted molar refractivity (Wildman–Crippen MR) is 79.8 cm³/mol. The minimum Gasteiger partial charge on any atom is -0.383 e. The average Bonchev–Trinajstić information content (AvgIpc) is 2.45. The first-order valence-corrected chi connectivity index (χ1v) is 6.39. The maximum atomic E-state index is 9.21. The van der Waals surface area contributed by atoms with Crippen LogP contribution in [0.15, 0.2) is 30.6 Å². The van der Waals surface area contributed by atoms with Crippen molar-refractivity contribution in [1.29, 1.82) is 5.26 Å². The molecule has 0 aliphatic carbocycles. The number of aromatic nitrogens is 2. The van der Waals surface area contributed by atoms with Gasteiger partial charge in [0.05, 0.1) is 11.3 Å². The summed E-state index contributed by atoms with van der Waals surface area (Å²) in [5.74, 6) is 1.41. The molecule has 5 nitrogen and oxygen atoms in total. The first-order chi connectivity index (χ1) is 9.56. The topological polar surface area (TPSA) is 78.8 Å². The largest absolute Gasteiger partial charge is 0.383 e. The maximum absolute atomic E-state index is 9.21. The van der Waals surface area contributed by atoms with Gasteiger partial charge < -0.3 is 10.6 Å². The molecule has 2 rings (SSSR count). The molecule has 0 atom stereocenters. The molecule has 2 N–H and O–H groups in total. The molecule has 0 bridgehead atoms. The highest BCUT2D eigenvalue weighted by atomic mass is 15.2. The lowest BCUT2D eigenvalue weighted by atomic mass is 10.0. The van der Waals surface area contributed by atoms with E-state index in [4.69, 9.17) is 5.73 Å². The molecule has 2 aromatic rings. The van der Waals surface area contributed by atoms with Gasteiger partial charge in [-0.1, -0.05) is 26.0 Å². The predicted octanol–water partition coefficient (Wildman–Crippen LogP) is 2.82. The lowest BCUT2D eigenvalue weighted by Crippen LogP contribution is -2.17. The Balaban J connectivity index is 2.57. The number of nitrogens with zero attached hydrogens (tertiary/aromatic N) is 4. The summed E-state index contributed by atoms with van der Waals surface area (Å²) in [5, 5.41) is 9.21. The molecule has 20 heavy (non-hydrogen) atoms. The van der Waals surface area contributed by atoms with Gasteiger partial charge in [0, 0.05) is 12.6 Å². The number of benzene rings is 1. The van der Waals surface area contributed by atoms with Gasteiger partial charge in [-0.3, -0.25) is 0 Å². The van der Waals surface area contributed by atoms with Crippen LogP contribution >= 0.6 is 0 Å². The first kappa shape index (κ1) is 13.8. The van der Waals surface area contributed by atoms with E-state index in [-0.39, 0.29) is 5.92 Å². The van der Waals surface area contributed by atoms with Gasteiger partial charge in [-0.25, -0.2) is 9.97 Å². The van der Waals surface area contributed by atoms with Crippen LogP contribution in [-0.2, 0) is 0 Å². The lowest BCUT2D eigenvalue weighted by molar-refractivity contribution is 0.844. The average molecular weight is 267 g/mol. The second kappa shape index (κ2) is 5.57. The van der Waals surface area contributed by atoms with E-state index in [9.17, 15) is 5.26 Å². The molecule has 0 aliphatic rings. The van der Waals surface area contributed by atoms with Crippen LogP contribution in [0.4, 0.5) is 17.3 Å². The quantitative estimate of drug-likeness (QED) is 0.925. The molecule has 0 spiro atoms. The first-order valence-electron chi connectivity index (χ1n) is 6.39. The number of nitriles is 1. The molecule has 0 saturated carbocycles. The van der Waals surface area contributed by atoms with Crippen LogP contribution < -0.4 is 10.6 Å². The van der Waals surface area contributed by atoms with Gasteiger partial charge in [0.1, 0.15) is 24.0 Å². The third kappa shape index (κ3) is 2.41. The fraction of sp³-hybridized carbons (Fsp3) is 0.267. The van der Waals surface area contributed by atoms with Crippen molar-refractivity contribution in [3.8, 4) is 6.07 Å². The Labute approximate surface area is 118 Å². The molecule has 0 fully saturated rings. The maximum Gasteiger partial charge on any atom is 0.141 e. The number of hydrogen-bond donors (Lipinski definition) is 1. The van der Waals surface area contributed by atoms with Gasteiger partial charge in [-0.05, 0) is 18.1 Å². The minimum absolute atomic E-state index is 0.197. The summed E-state index contributed by atoms with van der Waals surface area (Å²) in [4.78, 5) is 10.3. The number of para-hydroxylation sites is 1. The zero-order valence-electron chi connectivity index (χ0n) is 11.8. The second-order valence-corrected chi connectivity index (χ2v) is 4.84. The molecule has 102 valence electrons. The van der Waals surface area contributed by atoms with E-state index in [0.29, 0.717) is 11.4 Å². The highest BCUT2D eigenvalue weighted by Gasteiger charge is 2.18. The van der Waals surface area contributed by atoms with E-state index in [1.54, 1.807) is 6.07 Å². The monoisotopic (exact) mass is 267 g/mol. The Hall–Kier alpha value is -2.61. The van der Waals surface area contributed by atoms with Gasteiger partial charge in [0.2, 0.25) is 0 Å². The third-order valence-electron chi connectivity index (χ3n) is 3.17. The summed E-state index contributed by atoms with van der Waals surface area (Å²) in [6.45, 7) is 4.09. The molecule has 1 aromatic carbocycles. The Morgan fingerprint density at radius 2 is 1.95 bits per heavy atom. The van der Waals surface area contributed by atoms with Crippen molar-refractivity contribution < 1.29 is 0 Å². The number of anilines is 3. The summed E-state index contributed by atoms with van der Waals surface area (Å²) in [6, 6.07) is 9.60. The molecular weight excluding hydrogens is 250 g/mol. The molecular formula is C15H17N5. The van der Waals surface area contributed by atoms with Crippen LogP contribution in [0.3, 0.4) is 0 Å². The third-order valence-corrected chi connectivity index (χ3v) is 3.17. The van der Waals surface area contributed by atoms with Crippen LogP contribution in [0, 0.1) is 11.3 Å². The van der Waals surface area contributed by atoms with Crippen molar-refractivity contribution in [3.63, 3.8) is 0 Å². The van der Waals surface area contributed by atoms with Gasteiger partial charge >= 0.3 is 0 Å². The van der Waals surface area contributed by atoms with Crippen molar-refractivity contribution in [2.24, 2.45) is 0 Å². The van der Waals surface area contributed by atoms with E-state index < -0.39 is 0 Å².